The Morgan fingerprint density at radius 3 is 2.70 bits per heavy atom. The summed E-state index contributed by atoms with van der Waals surface area (Å²) in [6, 6.07) is 4.93. The first-order valence-corrected chi connectivity index (χ1v) is 10.7. The first-order valence-electron chi connectivity index (χ1n) is 8.15. The highest BCUT2D eigenvalue weighted by Gasteiger charge is 2.17. The molecule has 1 aromatic carbocycles. The zero-order valence-corrected chi connectivity index (χ0v) is 15.0. The topological polar surface area (TPSA) is 78.0 Å². The predicted molar refractivity (Wildman–Crippen MR) is 94.1 cm³/mol. The van der Waals surface area contributed by atoms with Crippen LogP contribution in [0, 0.1) is 5.92 Å². The lowest BCUT2D eigenvalue weighted by Crippen LogP contribution is -2.11. The van der Waals surface area contributed by atoms with Crippen LogP contribution >= 0.6 is 11.8 Å². The van der Waals surface area contributed by atoms with Gasteiger partial charge in [0.05, 0.1) is 15.9 Å². The van der Waals surface area contributed by atoms with Crippen molar-refractivity contribution in [3.63, 3.8) is 0 Å². The van der Waals surface area contributed by atoms with Crippen LogP contribution in [0.3, 0.4) is 0 Å². The molecule has 0 spiro atoms. The normalized spacial score (nSPS) is 17.0. The van der Waals surface area contributed by atoms with Gasteiger partial charge < -0.3 is 4.57 Å². The zero-order chi connectivity index (χ0) is 16.4. The van der Waals surface area contributed by atoms with Crippen LogP contribution in [0.2, 0.25) is 0 Å². The number of imidazole rings is 1. The number of hydrogen-bond acceptors (Lipinski definition) is 4. The molecule has 0 amide bonds. The van der Waals surface area contributed by atoms with Crippen LogP contribution in [-0.4, -0.2) is 23.7 Å². The lowest BCUT2D eigenvalue weighted by atomic mass is 9.91. The highest BCUT2D eigenvalue weighted by molar-refractivity contribution is 7.99. The number of nitrogens with zero attached hydrogens (tertiary/aromatic N) is 2. The molecule has 1 saturated carbocycles. The molecule has 7 heteroatoms. The molecule has 1 aliphatic carbocycles. The molecule has 2 aromatic rings. The van der Waals surface area contributed by atoms with E-state index in [1.165, 1.54) is 32.1 Å². The van der Waals surface area contributed by atoms with Crippen molar-refractivity contribution in [3.8, 4) is 0 Å². The molecule has 1 aliphatic rings. The van der Waals surface area contributed by atoms with E-state index in [-0.39, 0.29) is 4.90 Å². The van der Waals surface area contributed by atoms with Crippen LogP contribution in [0.1, 0.15) is 39.0 Å². The summed E-state index contributed by atoms with van der Waals surface area (Å²) in [6.07, 6.45) is 6.68. The maximum absolute atomic E-state index is 11.5. The Balaban J connectivity index is 1.87. The van der Waals surface area contributed by atoms with Gasteiger partial charge in [-0.25, -0.2) is 18.5 Å². The lowest BCUT2D eigenvalue weighted by Gasteiger charge is -2.20. The zero-order valence-electron chi connectivity index (χ0n) is 13.4. The molecule has 3 rings (SSSR count). The van der Waals surface area contributed by atoms with Gasteiger partial charge in [0.2, 0.25) is 10.0 Å². The molecular weight excluding hydrogens is 330 g/mol. The van der Waals surface area contributed by atoms with E-state index in [4.69, 9.17) is 5.14 Å². The monoisotopic (exact) mass is 353 g/mol. The van der Waals surface area contributed by atoms with Crippen molar-refractivity contribution in [1.82, 2.24) is 9.55 Å². The molecule has 0 bridgehead atoms. The van der Waals surface area contributed by atoms with E-state index in [0.29, 0.717) is 5.52 Å². The summed E-state index contributed by atoms with van der Waals surface area (Å²) in [6.45, 7) is 2.90. The summed E-state index contributed by atoms with van der Waals surface area (Å²) in [5.41, 5.74) is 1.66. The Kier molecular flexibility index (Phi) is 4.98. The molecule has 0 saturated heterocycles. The van der Waals surface area contributed by atoms with Crippen molar-refractivity contribution in [1.29, 1.82) is 0 Å². The molecule has 0 atom stereocenters. The molecule has 0 unspecified atom stereocenters. The summed E-state index contributed by atoms with van der Waals surface area (Å²) in [4.78, 5) is 4.77. The molecule has 1 heterocycles. The molecule has 1 aromatic heterocycles. The van der Waals surface area contributed by atoms with Crippen LogP contribution < -0.4 is 5.14 Å². The van der Waals surface area contributed by atoms with Crippen LogP contribution in [0.4, 0.5) is 0 Å². The number of thioether (sulfide) groups is 1. The first kappa shape index (κ1) is 16.8. The van der Waals surface area contributed by atoms with Gasteiger partial charge in [0.25, 0.3) is 0 Å². The lowest BCUT2D eigenvalue weighted by molar-refractivity contribution is 0.390. The Morgan fingerprint density at radius 1 is 1.30 bits per heavy atom. The number of nitrogens with two attached hydrogens (primary N) is 1. The van der Waals surface area contributed by atoms with Gasteiger partial charge in [0.15, 0.2) is 5.16 Å². The molecular formula is C16H23N3O2S2. The number of aromatic nitrogens is 2. The Labute approximate surface area is 141 Å². The number of fused-ring (bicyclic) bond motifs is 1. The highest BCUT2D eigenvalue weighted by atomic mass is 32.2. The third kappa shape index (κ3) is 3.72. The third-order valence-corrected chi connectivity index (χ3v) is 6.62. The van der Waals surface area contributed by atoms with Crippen LogP contribution in [0.25, 0.3) is 11.0 Å². The average Bonchev–Trinajstić information content (AvgIpc) is 2.89. The minimum absolute atomic E-state index is 0.120. The third-order valence-electron chi connectivity index (χ3n) is 4.50. The van der Waals surface area contributed by atoms with Crippen LogP contribution in [0.15, 0.2) is 28.3 Å². The molecule has 1 fully saturated rings. The van der Waals surface area contributed by atoms with Gasteiger partial charge in [0.1, 0.15) is 0 Å². The quantitative estimate of drug-likeness (QED) is 0.836. The number of aryl methyl sites for hydroxylation is 1. The highest BCUT2D eigenvalue weighted by Crippen LogP contribution is 2.31. The van der Waals surface area contributed by atoms with E-state index < -0.39 is 10.0 Å². The Morgan fingerprint density at radius 2 is 2.04 bits per heavy atom. The van der Waals surface area contributed by atoms with E-state index in [1.54, 1.807) is 30.0 Å². The Bertz CT molecular complexity index is 793. The largest absolute Gasteiger partial charge is 0.319 e. The maximum atomic E-state index is 11.5. The van der Waals surface area contributed by atoms with Crippen LogP contribution in [0.5, 0.6) is 0 Å². The standard InChI is InChI=1S/C16H23N3O2S2/c1-2-19-15-9-8-13(23(17,20)21)10-14(15)18-16(19)22-11-12-6-4-3-5-7-12/h8-10,12H,2-7,11H2,1H3,(H2,17,20,21). The van der Waals surface area contributed by atoms with Crippen molar-refractivity contribution in [2.75, 3.05) is 5.75 Å². The minimum Gasteiger partial charge on any atom is -0.319 e. The smallest absolute Gasteiger partial charge is 0.238 e. The molecule has 0 aliphatic heterocycles. The average molecular weight is 354 g/mol. The fourth-order valence-corrected chi connectivity index (χ4v) is 5.02. The summed E-state index contributed by atoms with van der Waals surface area (Å²) < 4.78 is 25.2. The number of benzene rings is 1. The van der Waals surface area contributed by atoms with Gasteiger partial charge in [0, 0.05) is 12.3 Å². The second-order valence-corrected chi connectivity index (χ2v) is 8.70. The van der Waals surface area contributed by atoms with Gasteiger partial charge >= 0.3 is 0 Å². The molecule has 2 N–H and O–H groups in total. The Hall–Kier alpha value is -1.05. The maximum Gasteiger partial charge on any atom is 0.238 e. The van der Waals surface area contributed by atoms with Gasteiger partial charge in [-0.3, -0.25) is 0 Å². The fourth-order valence-electron chi connectivity index (χ4n) is 3.23. The SMILES string of the molecule is CCn1c(SCC2CCCCC2)nc2cc(S(N)(=O)=O)ccc21. The molecule has 0 radical (unpaired) electrons. The van der Waals surface area contributed by atoms with Crippen molar-refractivity contribution >= 4 is 32.8 Å². The van der Waals surface area contributed by atoms with Crippen molar-refractivity contribution < 1.29 is 8.42 Å². The second-order valence-electron chi connectivity index (χ2n) is 6.15. The van der Waals surface area contributed by atoms with E-state index in [1.807, 2.05) is 0 Å². The van der Waals surface area contributed by atoms with E-state index >= 15 is 0 Å². The molecule has 5 nitrogen and oxygen atoms in total. The fraction of sp³-hybridized carbons (Fsp3) is 0.562. The predicted octanol–water partition coefficient (Wildman–Crippen LogP) is 3.38. The van der Waals surface area contributed by atoms with E-state index in [2.05, 4.69) is 16.5 Å². The van der Waals surface area contributed by atoms with Gasteiger partial charge in [-0.2, -0.15) is 0 Å². The van der Waals surface area contributed by atoms with Crippen molar-refractivity contribution in [3.05, 3.63) is 18.2 Å². The summed E-state index contributed by atoms with van der Waals surface area (Å²) in [7, 11) is -3.69. The first-order chi connectivity index (χ1) is 11.0. The van der Waals surface area contributed by atoms with Gasteiger partial charge in [-0.1, -0.05) is 31.0 Å². The van der Waals surface area contributed by atoms with Gasteiger partial charge in [-0.05, 0) is 43.9 Å². The molecule has 23 heavy (non-hydrogen) atoms. The molecule has 126 valence electrons. The number of hydrogen-bond donors (Lipinski definition) is 1. The summed E-state index contributed by atoms with van der Waals surface area (Å²) in [5, 5.41) is 6.19. The van der Waals surface area contributed by atoms with E-state index in [0.717, 1.165) is 28.9 Å². The summed E-state index contributed by atoms with van der Waals surface area (Å²) >= 11 is 1.79. The van der Waals surface area contributed by atoms with Crippen LogP contribution in [-0.2, 0) is 16.6 Å². The van der Waals surface area contributed by atoms with Crippen molar-refractivity contribution in [2.24, 2.45) is 11.1 Å². The number of rotatable bonds is 5. The van der Waals surface area contributed by atoms with Crippen molar-refractivity contribution in [2.45, 2.75) is 55.6 Å². The summed E-state index contributed by atoms with van der Waals surface area (Å²) in [5.74, 6) is 1.87. The number of primary sulfonamides is 1. The van der Waals surface area contributed by atoms with E-state index in [9.17, 15) is 8.42 Å². The minimum atomic E-state index is -3.69. The number of sulfonamides is 1. The second kappa shape index (κ2) is 6.83. The van der Waals surface area contributed by atoms with Gasteiger partial charge in [-0.15, -0.1) is 0 Å².